The molecule has 34 heavy (non-hydrogen) atoms. The summed E-state index contributed by atoms with van der Waals surface area (Å²) >= 11 is 0. The van der Waals surface area contributed by atoms with E-state index in [-0.39, 0.29) is 12.1 Å². The van der Waals surface area contributed by atoms with Crippen molar-refractivity contribution < 1.29 is 18.7 Å². The Morgan fingerprint density at radius 2 is 1.82 bits per heavy atom. The molecule has 2 aromatic heterocycles. The largest absolute Gasteiger partial charge is 0.493 e. The van der Waals surface area contributed by atoms with Crippen molar-refractivity contribution in [1.29, 1.82) is 0 Å². The van der Waals surface area contributed by atoms with Crippen LogP contribution in [-0.2, 0) is 13.0 Å². The summed E-state index contributed by atoms with van der Waals surface area (Å²) in [4.78, 5) is 30.5. The molecule has 2 heterocycles. The average Bonchev–Trinajstić information content (AvgIpc) is 2.86. The molecule has 1 N–H and O–H groups in total. The number of ether oxygens (including phenoxy) is 2. The Kier molecular flexibility index (Phi) is 6.87. The first-order valence-corrected chi connectivity index (χ1v) is 10.7. The summed E-state index contributed by atoms with van der Waals surface area (Å²) < 4.78 is 26.1. The van der Waals surface area contributed by atoms with Gasteiger partial charge in [-0.2, -0.15) is 0 Å². The van der Waals surface area contributed by atoms with Gasteiger partial charge in [-0.3, -0.25) is 14.2 Å². The fourth-order valence-electron chi connectivity index (χ4n) is 3.76. The van der Waals surface area contributed by atoms with Gasteiger partial charge in [0.25, 0.3) is 11.5 Å². The summed E-state index contributed by atoms with van der Waals surface area (Å²) in [5.41, 5.74) is 1.11. The van der Waals surface area contributed by atoms with Crippen LogP contribution in [-0.4, -0.2) is 36.2 Å². The van der Waals surface area contributed by atoms with Crippen molar-refractivity contribution in [2.24, 2.45) is 0 Å². The highest BCUT2D eigenvalue weighted by molar-refractivity contribution is 5.96. The standard InChI is InChI=1S/C26H24FN3O4/c1-33-22-10-9-17(14-23(22)34-2)11-13-29-25(31)20-15-18-7-5-12-28-24(18)30(26(20)32)16-19-6-3-4-8-21(19)27/h3-10,12,14-15H,11,13,16H2,1-2H3,(H,29,31). The molecule has 7 nitrogen and oxygen atoms in total. The number of benzene rings is 2. The lowest BCUT2D eigenvalue weighted by atomic mass is 10.1. The predicted molar refractivity (Wildman–Crippen MR) is 127 cm³/mol. The van der Waals surface area contributed by atoms with Crippen LogP contribution in [0.5, 0.6) is 11.5 Å². The first kappa shape index (κ1) is 23.0. The minimum absolute atomic E-state index is 0.0239. The van der Waals surface area contributed by atoms with Crippen LogP contribution in [0.15, 0.2) is 71.7 Å². The van der Waals surface area contributed by atoms with Gasteiger partial charge in [-0.05, 0) is 48.4 Å². The van der Waals surface area contributed by atoms with E-state index in [9.17, 15) is 14.0 Å². The molecular weight excluding hydrogens is 437 g/mol. The normalized spacial score (nSPS) is 10.8. The number of aromatic nitrogens is 2. The topological polar surface area (TPSA) is 82.5 Å². The molecule has 4 rings (SSSR count). The van der Waals surface area contributed by atoms with Crippen LogP contribution in [0.2, 0.25) is 0 Å². The Labute approximate surface area is 195 Å². The maximum Gasteiger partial charge on any atom is 0.265 e. The highest BCUT2D eigenvalue weighted by atomic mass is 19.1. The van der Waals surface area contributed by atoms with E-state index in [2.05, 4.69) is 10.3 Å². The smallest absolute Gasteiger partial charge is 0.265 e. The minimum atomic E-state index is -0.530. The summed E-state index contributed by atoms with van der Waals surface area (Å²) in [5.74, 6) is 0.293. The summed E-state index contributed by atoms with van der Waals surface area (Å²) in [5, 5.41) is 3.42. The van der Waals surface area contributed by atoms with Crippen molar-refractivity contribution >= 4 is 16.9 Å². The molecule has 0 unspecified atom stereocenters. The van der Waals surface area contributed by atoms with E-state index in [0.29, 0.717) is 41.1 Å². The van der Waals surface area contributed by atoms with Crippen LogP contribution < -0.4 is 20.3 Å². The van der Waals surface area contributed by atoms with Crippen LogP contribution >= 0.6 is 0 Å². The number of pyridine rings is 2. The van der Waals surface area contributed by atoms with Crippen LogP contribution in [0, 0.1) is 5.82 Å². The Morgan fingerprint density at radius 3 is 2.59 bits per heavy atom. The molecule has 0 saturated carbocycles. The minimum Gasteiger partial charge on any atom is -0.493 e. The van der Waals surface area contributed by atoms with Crippen LogP contribution in [0.25, 0.3) is 11.0 Å². The lowest BCUT2D eigenvalue weighted by molar-refractivity contribution is 0.0952. The number of halogens is 1. The zero-order valence-electron chi connectivity index (χ0n) is 18.9. The highest BCUT2D eigenvalue weighted by Crippen LogP contribution is 2.27. The number of amides is 1. The van der Waals surface area contributed by atoms with E-state index in [1.807, 2.05) is 12.1 Å². The van der Waals surface area contributed by atoms with Crippen molar-refractivity contribution in [3.8, 4) is 11.5 Å². The molecule has 0 bridgehead atoms. The third kappa shape index (κ3) is 4.76. The molecule has 0 radical (unpaired) electrons. The predicted octanol–water partition coefficient (Wildman–Crippen LogP) is 3.57. The lowest BCUT2D eigenvalue weighted by Crippen LogP contribution is -2.34. The van der Waals surface area contributed by atoms with Gasteiger partial charge in [-0.1, -0.05) is 24.3 Å². The molecule has 0 aliphatic heterocycles. The molecule has 0 atom stereocenters. The first-order valence-electron chi connectivity index (χ1n) is 10.7. The highest BCUT2D eigenvalue weighted by Gasteiger charge is 2.17. The second-order valence-corrected chi connectivity index (χ2v) is 7.65. The Hall–Kier alpha value is -4.20. The first-order chi connectivity index (χ1) is 16.5. The van der Waals surface area contributed by atoms with Gasteiger partial charge >= 0.3 is 0 Å². The fourth-order valence-corrected chi connectivity index (χ4v) is 3.76. The molecule has 1 amide bonds. The Morgan fingerprint density at radius 1 is 1.03 bits per heavy atom. The zero-order valence-corrected chi connectivity index (χ0v) is 18.9. The molecule has 8 heteroatoms. The van der Waals surface area contributed by atoms with E-state index in [4.69, 9.17) is 9.47 Å². The van der Waals surface area contributed by atoms with Crippen molar-refractivity contribution in [3.63, 3.8) is 0 Å². The molecule has 0 spiro atoms. The lowest BCUT2D eigenvalue weighted by Gasteiger charge is -2.13. The number of carbonyl (C=O) groups excluding carboxylic acids is 1. The Balaban J connectivity index is 1.58. The third-order valence-corrected chi connectivity index (χ3v) is 5.53. The number of rotatable bonds is 8. The summed E-state index contributed by atoms with van der Waals surface area (Å²) in [6.45, 7) is 0.276. The van der Waals surface area contributed by atoms with E-state index in [0.717, 1.165) is 5.56 Å². The molecule has 0 saturated heterocycles. The van der Waals surface area contributed by atoms with E-state index < -0.39 is 17.3 Å². The zero-order chi connectivity index (χ0) is 24.1. The third-order valence-electron chi connectivity index (χ3n) is 5.53. The van der Waals surface area contributed by atoms with E-state index in [1.165, 1.54) is 16.7 Å². The van der Waals surface area contributed by atoms with Crippen LogP contribution in [0.4, 0.5) is 4.39 Å². The summed E-state index contributed by atoms with van der Waals surface area (Å²) in [6.07, 6.45) is 2.09. The molecule has 0 aliphatic rings. The van der Waals surface area contributed by atoms with Crippen molar-refractivity contribution in [2.75, 3.05) is 20.8 Å². The maximum atomic E-state index is 14.3. The number of methoxy groups -OCH3 is 2. The molecule has 0 fully saturated rings. The molecule has 174 valence electrons. The van der Waals surface area contributed by atoms with Gasteiger partial charge in [0.2, 0.25) is 0 Å². The van der Waals surface area contributed by atoms with Crippen LogP contribution in [0.1, 0.15) is 21.5 Å². The van der Waals surface area contributed by atoms with E-state index in [1.54, 1.807) is 56.8 Å². The van der Waals surface area contributed by atoms with Crippen LogP contribution in [0.3, 0.4) is 0 Å². The fraction of sp³-hybridized carbons (Fsp3) is 0.192. The van der Waals surface area contributed by atoms with Crippen molar-refractivity contribution in [1.82, 2.24) is 14.9 Å². The maximum absolute atomic E-state index is 14.3. The SMILES string of the molecule is COc1ccc(CCNC(=O)c2cc3cccnc3n(Cc3ccccc3F)c2=O)cc1OC. The molecule has 4 aromatic rings. The van der Waals surface area contributed by atoms with Gasteiger partial charge in [-0.25, -0.2) is 9.37 Å². The number of nitrogens with one attached hydrogen (secondary N) is 1. The number of hydrogen-bond acceptors (Lipinski definition) is 5. The second-order valence-electron chi connectivity index (χ2n) is 7.65. The number of nitrogens with zero attached hydrogens (tertiary/aromatic N) is 2. The quantitative estimate of drug-likeness (QED) is 0.434. The monoisotopic (exact) mass is 461 g/mol. The molecular formula is C26H24FN3O4. The number of fused-ring (bicyclic) bond motifs is 1. The number of hydrogen-bond donors (Lipinski definition) is 1. The van der Waals surface area contributed by atoms with Gasteiger partial charge in [0.15, 0.2) is 11.5 Å². The Bertz CT molecular complexity index is 1400. The molecule has 0 aliphatic carbocycles. The van der Waals surface area contributed by atoms with Gasteiger partial charge in [0, 0.05) is 23.7 Å². The van der Waals surface area contributed by atoms with Crippen molar-refractivity contribution in [2.45, 2.75) is 13.0 Å². The number of carbonyl (C=O) groups is 1. The second kappa shape index (κ2) is 10.2. The van der Waals surface area contributed by atoms with Gasteiger partial charge in [0.05, 0.1) is 20.8 Å². The molecule has 2 aromatic carbocycles. The van der Waals surface area contributed by atoms with E-state index >= 15 is 0 Å². The van der Waals surface area contributed by atoms with Gasteiger partial charge < -0.3 is 14.8 Å². The van der Waals surface area contributed by atoms with Crippen molar-refractivity contribution in [3.05, 3.63) is 99.7 Å². The van der Waals surface area contributed by atoms with Gasteiger partial charge in [-0.15, -0.1) is 0 Å². The summed E-state index contributed by atoms with van der Waals surface area (Å²) in [6, 6.07) is 16.8. The average molecular weight is 461 g/mol. The van der Waals surface area contributed by atoms with Gasteiger partial charge in [0.1, 0.15) is 17.0 Å². The summed E-state index contributed by atoms with van der Waals surface area (Å²) in [7, 11) is 3.13.